The highest BCUT2D eigenvalue weighted by atomic mass is 35.5. The molecule has 0 aliphatic heterocycles. The maximum Gasteiger partial charge on any atom is 0.158 e. The number of anilines is 3. The summed E-state index contributed by atoms with van der Waals surface area (Å²) in [5.74, 6) is 0.478. The van der Waals surface area contributed by atoms with Gasteiger partial charge in [-0.25, -0.2) is 15.0 Å². The van der Waals surface area contributed by atoms with Crippen LogP contribution in [0.5, 0.6) is 0 Å². The van der Waals surface area contributed by atoms with Crippen LogP contribution in [0.4, 0.5) is 17.2 Å². The van der Waals surface area contributed by atoms with E-state index in [4.69, 9.17) is 28.9 Å². The maximum atomic E-state index is 6.16. The minimum atomic E-state index is 0.345. The second kappa shape index (κ2) is 7.04. The number of nitrogen functional groups attached to an aromatic ring is 1. The lowest BCUT2D eigenvalue weighted by atomic mass is 10.4. The van der Waals surface area contributed by atoms with Crippen LogP contribution in [0.1, 0.15) is 0 Å². The molecule has 2 aromatic heterocycles. The lowest BCUT2D eigenvalue weighted by Crippen LogP contribution is -2.03. The Morgan fingerprint density at radius 2 is 1.78 bits per heavy atom. The first-order valence-electron chi connectivity index (χ1n) is 6.55. The van der Waals surface area contributed by atoms with Gasteiger partial charge in [0.05, 0.1) is 5.69 Å². The van der Waals surface area contributed by atoms with Crippen molar-refractivity contribution in [3.63, 3.8) is 0 Å². The molecule has 0 aliphatic rings. The van der Waals surface area contributed by atoms with Gasteiger partial charge in [0.2, 0.25) is 0 Å². The molecule has 0 fully saturated rings. The van der Waals surface area contributed by atoms with E-state index in [1.165, 1.54) is 18.1 Å². The third-order valence-corrected chi connectivity index (χ3v) is 4.47. The number of hydrogen-bond acceptors (Lipinski definition) is 6. The van der Waals surface area contributed by atoms with Crippen LogP contribution in [0.15, 0.2) is 58.8 Å². The van der Waals surface area contributed by atoms with Crippen LogP contribution < -0.4 is 11.1 Å². The molecule has 0 unspecified atom stereocenters. The number of aromatic nitrogens is 3. The van der Waals surface area contributed by atoms with Crippen molar-refractivity contribution in [3.05, 3.63) is 59.1 Å². The highest BCUT2D eigenvalue weighted by Crippen LogP contribution is 2.35. The summed E-state index contributed by atoms with van der Waals surface area (Å²) in [6.07, 6.45) is 3.06. The molecule has 0 radical (unpaired) electrons. The first-order chi connectivity index (χ1) is 11.1. The van der Waals surface area contributed by atoms with Crippen molar-refractivity contribution in [1.82, 2.24) is 15.0 Å². The molecule has 0 aliphatic carbocycles. The number of hydrogen-bond donors (Lipinski definition) is 2. The van der Waals surface area contributed by atoms with Crippen LogP contribution >= 0.6 is 35.0 Å². The van der Waals surface area contributed by atoms with Crippen molar-refractivity contribution in [3.8, 4) is 0 Å². The van der Waals surface area contributed by atoms with Crippen LogP contribution in [-0.2, 0) is 0 Å². The normalized spacial score (nSPS) is 10.5. The van der Waals surface area contributed by atoms with Gasteiger partial charge in [-0.2, -0.15) is 0 Å². The fraction of sp³-hybridized carbons (Fsp3) is 0. The summed E-state index contributed by atoms with van der Waals surface area (Å²) < 4.78 is 0. The Morgan fingerprint density at radius 1 is 1.00 bits per heavy atom. The molecule has 3 aromatic rings. The Morgan fingerprint density at radius 3 is 2.52 bits per heavy atom. The van der Waals surface area contributed by atoms with E-state index in [0.29, 0.717) is 32.4 Å². The number of nitrogens with zero attached hydrogens (tertiary/aromatic N) is 3. The number of benzene rings is 1. The summed E-state index contributed by atoms with van der Waals surface area (Å²) >= 11 is 13.4. The molecule has 23 heavy (non-hydrogen) atoms. The van der Waals surface area contributed by atoms with E-state index in [2.05, 4.69) is 20.3 Å². The lowest BCUT2D eigenvalue weighted by Gasteiger charge is -2.11. The largest absolute Gasteiger partial charge is 0.394 e. The monoisotopic (exact) mass is 363 g/mol. The minimum absolute atomic E-state index is 0.345. The smallest absolute Gasteiger partial charge is 0.158 e. The van der Waals surface area contributed by atoms with E-state index in [0.717, 1.165) is 4.90 Å². The highest BCUT2D eigenvalue weighted by Gasteiger charge is 2.11. The molecule has 3 rings (SSSR count). The zero-order valence-corrected chi connectivity index (χ0v) is 14.0. The number of halogens is 2. The molecule has 0 bridgehead atoms. The van der Waals surface area contributed by atoms with Gasteiger partial charge >= 0.3 is 0 Å². The molecule has 116 valence electrons. The van der Waals surface area contributed by atoms with Gasteiger partial charge in [-0.3, -0.25) is 0 Å². The minimum Gasteiger partial charge on any atom is -0.394 e. The molecule has 0 saturated carbocycles. The fourth-order valence-corrected chi connectivity index (χ4v) is 2.88. The lowest BCUT2D eigenvalue weighted by molar-refractivity contribution is 1.06. The molecule has 3 N–H and O–H groups in total. The predicted octanol–water partition coefficient (Wildman–Crippen LogP) is 4.66. The zero-order chi connectivity index (χ0) is 16.2. The SMILES string of the molecule is Nc1c(Nc2cccnc2Cl)ncnc1Sc1ccc(Cl)cc1. The van der Waals surface area contributed by atoms with Gasteiger partial charge in [-0.05, 0) is 36.4 Å². The summed E-state index contributed by atoms with van der Waals surface area (Å²) in [6.45, 7) is 0. The van der Waals surface area contributed by atoms with Gasteiger partial charge in [-0.1, -0.05) is 35.0 Å². The van der Waals surface area contributed by atoms with Crippen LogP contribution in [-0.4, -0.2) is 15.0 Å². The molecule has 0 atom stereocenters. The van der Waals surface area contributed by atoms with Crippen LogP contribution in [0, 0.1) is 0 Å². The van der Waals surface area contributed by atoms with Crippen molar-refractivity contribution < 1.29 is 0 Å². The topological polar surface area (TPSA) is 76.7 Å². The van der Waals surface area contributed by atoms with E-state index in [9.17, 15) is 0 Å². The Bertz CT molecular complexity index is 826. The van der Waals surface area contributed by atoms with Crippen LogP contribution in [0.2, 0.25) is 10.2 Å². The van der Waals surface area contributed by atoms with E-state index in [1.807, 2.05) is 24.3 Å². The van der Waals surface area contributed by atoms with Gasteiger partial charge in [-0.15, -0.1) is 0 Å². The Balaban J connectivity index is 1.86. The highest BCUT2D eigenvalue weighted by molar-refractivity contribution is 7.99. The van der Waals surface area contributed by atoms with Crippen LogP contribution in [0.25, 0.3) is 0 Å². The van der Waals surface area contributed by atoms with E-state index in [-0.39, 0.29) is 0 Å². The summed E-state index contributed by atoms with van der Waals surface area (Å²) in [6, 6.07) is 11.0. The van der Waals surface area contributed by atoms with Gasteiger partial charge in [0.25, 0.3) is 0 Å². The Hall–Kier alpha value is -2.02. The van der Waals surface area contributed by atoms with Crippen molar-refractivity contribution in [2.75, 3.05) is 11.1 Å². The predicted molar refractivity (Wildman–Crippen MR) is 94.5 cm³/mol. The summed E-state index contributed by atoms with van der Waals surface area (Å²) in [4.78, 5) is 13.4. The standard InChI is InChI=1S/C15H11Cl2N5S/c16-9-3-5-10(6-4-9)23-15-12(18)14(20-8-21-15)22-11-2-1-7-19-13(11)17/h1-8H,18H2,(H,20,21,22). The van der Waals surface area contributed by atoms with Gasteiger partial charge in [0, 0.05) is 16.1 Å². The molecule has 0 amide bonds. The van der Waals surface area contributed by atoms with E-state index < -0.39 is 0 Å². The second-order valence-corrected chi connectivity index (χ2v) is 6.32. The van der Waals surface area contributed by atoms with E-state index >= 15 is 0 Å². The van der Waals surface area contributed by atoms with Gasteiger partial charge in [0.15, 0.2) is 11.0 Å². The first-order valence-corrected chi connectivity index (χ1v) is 8.12. The average molecular weight is 364 g/mol. The summed E-state index contributed by atoms with van der Waals surface area (Å²) in [7, 11) is 0. The second-order valence-electron chi connectivity index (χ2n) is 4.46. The first kappa shape index (κ1) is 15.9. The molecular weight excluding hydrogens is 353 g/mol. The molecule has 0 spiro atoms. The average Bonchev–Trinajstić information content (AvgIpc) is 2.55. The number of nitrogens with one attached hydrogen (secondary N) is 1. The van der Waals surface area contributed by atoms with Crippen LogP contribution in [0.3, 0.4) is 0 Å². The molecular formula is C15H11Cl2N5S. The molecule has 5 nitrogen and oxygen atoms in total. The number of rotatable bonds is 4. The summed E-state index contributed by atoms with van der Waals surface area (Å²) in [5.41, 5.74) is 7.23. The number of nitrogens with two attached hydrogens (primary N) is 1. The quantitative estimate of drug-likeness (QED) is 0.518. The zero-order valence-electron chi connectivity index (χ0n) is 11.7. The third kappa shape index (κ3) is 3.85. The maximum absolute atomic E-state index is 6.16. The van der Waals surface area contributed by atoms with Crippen molar-refractivity contribution in [2.45, 2.75) is 9.92 Å². The third-order valence-electron chi connectivity index (χ3n) is 2.89. The molecule has 0 saturated heterocycles. The van der Waals surface area contributed by atoms with Crippen molar-refractivity contribution in [2.24, 2.45) is 0 Å². The van der Waals surface area contributed by atoms with E-state index in [1.54, 1.807) is 18.3 Å². The molecule has 2 heterocycles. The summed E-state index contributed by atoms with van der Waals surface area (Å²) in [5, 5.41) is 4.74. The Kier molecular flexibility index (Phi) is 4.85. The fourth-order valence-electron chi connectivity index (χ4n) is 1.78. The van der Waals surface area contributed by atoms with Gasteiger partial charge in [0.1, 0.15) is 17.0 Å². The van der Waals surface area contributed by atoms with Gasteiger partial charge < -0.3 is 11.1 Å². The van der Waals surface area contributed by atoms with Crippen molar-refractivity contribution in [1.29, 1.82) is 0 Å². The number of pyridine rings is 1. The Labute approximate surface area is 147 Å². The van der Waals surface area contributed by atoms with Crippen molar-refractivity contribution >= 4 is 52.2 Å². The molecule has 1 aromatic carbocycles. The molecule has 8 heteroatoms.